The van der Waals surface area contributed by atoms with E-state index in [0.717, 1.165) is 5.92 Å². The lowest BCUT2D eigenvalue weighted by Crippen LogP contribution is -2.60. The summed E-state index contributed by atoms with van der Waals surface area (Å²) in [5.74, 6) is 0.955. The first-order chi connectivity index (χ1) is 8.26. The van der Waals surface area contributed by atoms with E-state index in [0.29, 0.717) is 5.54 Å². The minimum Gasteiger partial charge on any atom is -0.309 e. The summed E-state index contributed by atoms with van der Waals surface area (Å²) in [6.07, 6.45) is 10.8. The Morgan fingerprint density at radius 1 is 1.47 bits per heavy atom. The van der Waals surface area contributed by atoms with Gasteiger partial charge in [0.1, 0.15) is 0 Å². The van der Waals surface area contributed by atoms with Gasteiger partial charge >= 0.3 is 0 Å². The molecule has 1 saturated heterocycles. The molecule has 1 aliphatic heterocycles. The Balaban J connectivity index is 1.49. The fourth-order valence-corrected chi connectivity index (χ4v) is 3.55. The molecule has 1 unspecified atom stereocenters. The van der Waals surface area contributed by atoms with Crippen LogP contribution in [0, 0.1) is 5.92 Å². The topological polar surface area (TPSA) is 15.3 Å². The average Bonchev–Trinajstić information content (AvgIpc) is 3.06. The maximum Gasteiger partial charge on any atom is 0.0309 e. The van der Waals surface area contributed by atoms with Gasteiger partial charge in [-0.05, 0) is 51.4 Å². The number of hydrogen-bond donors (Lipinski definition) is 1. The number of allylic oxidation sites excluding steroid dienone is 1. The third kappa shape index (κ3) is 2.74. The highest BCUT2D eigenvalue weighted by atomic mass is 15.2. The monoisotopic (exact) mass is 234 g/mol. The van der Waals surface area contributed by atoms with Crippen molar-refractivity contribution in [3.63, 3.8) is 0 Å². The van der Waals surface area contributed by atoms with E-state index in [1.165, 1.54) is 64.7 Å². The van der Waals surface area contributed by atoms with Crippen molar-refractivity contribution in [1.29, 1.82) is 0 Å². The molecule has 1 atom stereocenters. The molecule has 0 bridgehead atoms. The fraction of sp³-hybridized carbons (Fsp3) is 0.867. The number of nitrogens with zero attached hydrogens (tertiary/aromatic N) is 1. The van der Waals surface area contributed by atoms with Gasteiger partial charge in [0, 0.05) is 31.7 Å². The van der Waals surface area contributed by atoms with Gasteiger partial charge in [0.15, 0.2) is 0 Å². The van der Waals surface area contributed by atoms with E-state index in [9.17, 15) is 0 Å². The summed E-state index contributed by atoms with van der Waals surface area (Å²) in [7, 11) is 0. The molecule has 0 aromatic heterocycles. The lowest BCUT2D eigenvalue weighted by atomic mass is 9.92. The van der Waals surface area contributed by atoms with Crippen molar-refractivity contribution >= 4 is 0 Å². The van der Waals surface area contributed by atoms with Gasteiger partial charge in [-0.2, -0.15) is 0 Å². The molecule has 0 amide bonds. The molecular formula is C15H26N2. The standard InChI is InChI=1S/C15H26N2/c1-15(14-6-7-14)12-17(11-9-16-15)10-8-13-4-2-3-5-13/h4,14,16H,2-3,5-12H2,1H3. The van der Waals surface area contributed by atoms with Crippen molar-refractivity contribution in [2.45, 2.75) is 51.0 Å². The van der Waals surface area contributed by atoms with Crippen LogP contribution in [-0.4, -0.2) is 36.6 Å². The van der Waals surface area contributed by atoms with Gasteiger partial charge in [-0.25, -0.2) is 0 Å². The maximum absolute atomic E-state index is 3.76. The van der Waals surface area contributed by atoms with Crippen LogP contribution in [-0.2, 0) is 0 Å². The summed E-state index contributed by atoms with van der Waals surface area (Å²) in [6.45, 7) is 7.42. The van der Waals surface area contributed by atoms with E-state index in [-0.39, 0.29) is 0 Å². The smallest absolute Gasteiger partial charge is 0.0309 e. The zero-order valence-electron chi connectivity index (χ0n) is 11.2. The predicted molar refractivity (Wildman–Crippen MR) is 72.1 cm³/mol. The molecule has 2 aliphatic carbocycles. The zero-order chi connectivity index (χ0) is 11.7. The number of hydrogen-bond acceptors (Lipinski definition) is 2. The normalized spacial score (nSPS) is 35.0. The summed E-state index contributed by atoms with van der Waals surface area (Å²) >= 11 is 0. The minimum absolute atomic E-state index is 0.419. The van der Waals surface area contributed by atoms with Gasteiger partial charge in [0.25, 0.3) is 0 Å². The average molecular weight is 234 g/mol. The van der Waals surface area contributed by atoms with Crippen molar-refractivity contribution in [3.05, 3.63) is 11.6 Å². The van der Waals surface area contributed by atoms with E-state index < -0.39 is 0 Å². The van der Waals surface area contributed by atoms with E-state index in [2.05, 4.69) is 23.2 Å². The first-order valence-corrected chi connectivity index (χ1v) is 7.41. The van der Waals surface area contributed by atoms with Crippen LogP contribution in [0.1, 0.15) is 45.4 Å². The summed E-state index contributed by atoms with van der Waals surface area (Å²) in [4.78, 5) is 2.69. The Labute approximate surface area is 105 Å². The van der Waals surface area contributed by atoms with E-state index >= 15 is 0 Å². The Hall–Kier alpha value is -0.340. The highest BCUT2D eigenvalue weighted by Gasteiger charge is 2.43. The lowest BCUT2D eigenvalue weighted by Gasteiger charge is -2.42. The highest BCUT2D eigenvalue weighted by Crippen LogP contribution is 2.40. The Morgan fingerprint density at radius 2 is 2.35 bits per heavy atom. The molecule has 0 aromatic carbocycles. The highest BCUT2D eigenvalue weighted by molar-refractivity contribution is 5.08. The Kier molecular flexibility index (Phi) is 3.27. The molecule has 2 heteroatoms. The van der Waals surface area contributed by atoms with Crippen LogP contribution >= 0.6 is 0 Å². The van der Waals surface area contributed by atoms with Crippen molar-refractivity contribution in [3.8, 4) is 0 Å². The Bertz CT molecular complexity index is 306. The second-order valence-corrected chi connectivity index (χ2v) is 6.40. The number of piperazine rings is 1. The Morgan fingerprint density at radius 3 is 3.06 bits per heavy atom. The molecular weight excluding hydrogens is 208 g/mol. The molecule has 3 aliphatic rings. The first kappa shape index (κ1) is 11.7. The molecule has 1 saturated carbocycles. The van der Waals surface area contributed by atoms with E-state index in [1.807, 2.05) is 0 Å². The summed E-state index contributed by atoms with van der Waals surface area (Å²) in [6, 6.07) is 0. The molecule has 17 heavy (non-hydrogen) atoms. The summed E-state index contributed by atoms with van der Waals surface area (Å²) in [5.41, 5.74) is 2.14. The van der Waals surface area contributed by atoms with Gasteiger partial charge in [0.05, 0.1) is 0 Å². The summed E-state index contributed by atoms with van der Waals surface area (Å²) < 4.78 is 0. The van der Waals surface area contributed by atoms with Crippen molar-refractivity contribution < 1.29 is 0 Å². The quantitative estimate of drug-likeness (QED) is 0.752. The van der Waals surface area contributed by atoms with Crippen LogP contribution in [0.2, 0.25) is 0 Å². The summed E-state index contributed by atoms with van der Waals surface area (Å²) in [5, 5.41) is 3.76. The van der Waals surface area contributed by atoms with Crippen LogP contribution in [0.15, 0.2) is 11.6 Å². The van der Waals surface area contributed by atoms with E-state index in [1.54, 1.807) is 5.57 Å². The van der Waals surface area contributed by atoms with Gasteiger partial charge in [0.2, 0.25) is 0 Å². The minimum atomic E-state index is 0.419. The molecule has 1 heterocycles. The first-order valence-electron chi connectivity index (χ1n) is 7.41. The van der Waals surface area contributed by atoms with Crippen molar-refractivity contribution in [2.75, 3.05) is 26.2 Å². The number of rotatable bonds is 4. The largest absolute Gasteiger partial charge is 0.309 e. The second-order valence-electron chi connectivity index (χ2n) is 6.40. The van der Waals surface area contributed by atoms with Crippen LogP contribution in [0.5, 0.6) is 0 Å². The molecule has 3 rings (SSSR count). The van der Waals surface area contributed by atoms with E-state index in [4.69, 9.17) is 0 Å². The fourth-order valence-electron chi connectivity index (χ4n) is 3.55. The van der Waals surface area contributed by atoms with Crippen molar-refractivity contribution in [1.82, 2.24) is 10.2 Å². The van der Waals surface area contributed by atoms with Gasteiger partial charge in [-0.3, -0.25) is 4.90 Å². The predicted octanol–water partition coefficient (Wildman–Crippen LogP) is 2.56. The zero-order valence-corrected chi connectivity index (χ0v) is 11.2. The molecule has 2 fully saturated rings. The maximum atomic E-state index is 3.76. The SMILES string of the molecule is CC1(C2CC2)CN(CCC2=CCCC2)CCN1. The number of nitrogens with one attached hydrogen (secondary N) is 1. The van der Waals surface area contributed by atoms with Crippen LogP contribution in [0.25, 0.3) is 0 Å². The van der Waals surface area contributed by atoms with Crippen LogP contribution in [0.4, 0.5) is 0 Å². The molecule has 1 N–H and O–H groups in total. The molecule has 96 valence electrons. The molecule has 0 spiro atoms. The third-order valence-electron chi connectivity index (χ3n) is 4.87. The molecule has 0 radical (unpaired) electrons. The molecule has 0 aromatic rings. The van der Waals surface area contributed by atoms with Gasteiger partial charge in [-0.15, -0.1) is 0 Å². The van der Waals surface area contributed by atoms with Gasteiger partial charge in [-0.1, -0.05) is 11.6 Å². The van der Waals surface area contributed by atoms with Crippen LogP contribution in [0.3, 0.4) is 0 Å². The third-order valence-corrected chi connectivity index (χ3v) is 4.87. The second kappa shape index (κ2) is 4.74. The van der Waals surface area contributed by atoms with Gasteiger partial charge < -0.3 is 5.32 Å². The lowest BCUT2D eigenvalue weighted by molar-refractivity contribution is 0.128. The van der Waals surface area contributed by atoms with Crippen molar-refractivity contribution in [2.24, 2.45) is 5.92 Å². The molecule has 2 nitrogen and oxygen atoms in total. The van der Waals surface area contributed by atoms with Crippen LogP contribution < -0.4 is 5.32 Å².